The fourth-order valence-corrected chi connectivity index (χ4v) is 4.54. The van der Waals surface area contributed by atoms with E-state index < -0.39 is 0 Å². The zero-order valence-electron chi connectivity index (χ0n) is 19.4. The monoisotopic (exact) mass is 462 g/mol. The van der Waals surface area contributed by atoms with Crippen molar-refractivity contribution in [3.8, 4) is 11.8 Å². The number of rotatable bonds is 8. The van der Waals surface area contributed by atoms with Gasteiger partial charge in [-0.1, -0.05) is 0 Å². The van der Waals surface area contributed by atoms with Crippen LogP contribution in [-0.4, -0.2) is 81.7 Å². The third kappa shape index (κ3) is 4.55. The lowest BCUT2D eigenvalue weighted by Gasteiger charge is -2.43. The first-order valence-corrected chi connectivity index (χ1v) is 12.1. The van der Waals surface area contributed by atoms with E-state index >= 15 is 0 Å². The molecule has 2 aliphatic heterocycles. The molecule has 6 rings (SSSR count). The largest absolute Gasteiger partial charge is 0.464 e. The molecule has 10 heteroatoms. The van der Waals surface area contributed by atoms with Crippen LogP contribution in [0, 0.1) is 0 Å². The Kier molecular flexibility index (Phi) is 5.76. The molecule has 3 aliphatic rings. The number of hydrogen-bond acceptors (Lipinski definition) is 9. The van der Waals surface area contributed by atoms with Crippen LogP contribution in [0.1, 0.15) is 31.2 Å². The van der Waals surface area contributed by atoms with Crippen LogP contribution in [-0.2, 0) is 4.74 Å². The van der Waals surface area contributed by atoms with Gasteiger partial charge in [-0.15, -0.1) is 5.10 Å². The maximum Gasteiger partial charge on any atom is 0.318 e. The lowest BCUT2D eigenvalue weighted by Crippen LogP contribution is -2.56. The van der Waals surface area contributed by atoms with Gasteiger partial charge in [-0.25, -0.2) is 9.67 Å². The number of nitrogens with zero attached hydrogens (tertiary/aromatic N) is 7. The van der Waals surface area contributed by atoms with Crippen molar-refractivity contribution in [2.24, 2.45) is 0 Å². The van der Waals surface area contributed by atoms with Gasteiger partial charge in [0.2, 0.25) is 5.95 Å². The number of hydrogen-bond donors (Lipinski definition) is 1. The highest BCUT2D eigenvalue weighted by Gasteiger charge is 2.30. The summed E-state index contributed by atoms with van der Waals surface area (Å²) < 4.78 is 12.4. The highest BCUT2D eigenvalue weighted by atomic mass is 16.5. The number of benzene rings is 1. The number of ether oxygens (including phenoxy) is 2. The third-order valence-electron chi connectivity index (χ3n) is 6.68. The normalized spacial score (nSPS) is 19.1. The first-order chi connectivity index (χ1) is 16.7. The van der Waals surface area contributed by atoms with Gasteiger partial charge in [0, 0.05) is 49.8 Å². The van der Waals surface area contributed by atoms with Crippen molar-refractivity contribution < 1.29 is 9.47 Å². The van der Waals surface area contributed by atoms with Crippen LogP contribution in [0.25, 0.3) is 5.82 Å². The van der Waals surface area contributed by atoms with Crippen LogP contribution >= 0.6 is 0 Å². The van der Waals surface area contributed by atoms with Crippen molar-refractivity contribution in [2.75, 3.05) is 56.2 Å². The molecule has 0 radical (unpaired) electrons. The first-order valence-electron chi connectivity index (χ1n) is 12.1. The summed E-state index contributed by atoms with van der Waals surface area (Å²) in [5, 5.41) is 7.98. The van der Waals surface area contributed by atoms with Crippen molar-refractivity contribution in [1.82, 2.24) is 29.6 Å². The molecule has 3 aromatic rings. The number of aromatic nitrogens is 5. The molecule has 3 fully saturated rings. The first kappa shape index (κ1) is 21.3. The van der Waals surface area contributed by atoms with Crippen molar-refractivity contribution in [1.29, 1.82) is 0 Å². The van der Waals surface area contributed by atoms with E-state index in [-0.39, 0.29) is 0 Å². The Morgan fingerprint density at radius 3 is 2.68 bits per heavy atom. The molecular formula is C24H30N8O2. The minimum absolute atomic E-state index is 0.330. The van der Waals surface area contributed by atoms with Gasteiger partial charge >= 0.3 is 6.01 Å². The van der Waals surface area contributed by atoms with Gasteiger partial charge in [0.05, 0.1) is 25.9 Å². The summed E-state index contributed by atoms with van der Waals surface area (Å²) in [7, 11) is 0. The molecule has 4 heterocycles. The molecule has 1 aliphatic carbocycles. The van der Waals surface area contributed by atoms with Crippen molar-refractivity contribution in [2.45, 2.75) is 31.7 Å². The van der Waals surface area contributed by atoms with E-state index in [4.69, 9.17) is 9.47 Å². The van der Waals surface area contributed by atoms with Crippen molar-refractivity contribution >= 4 is 17.3 Å². The number of piperazine rings is 1. The van der Waals surface area contributed by atoms with Crippen LogP contribution in [0.15, 0.2) is 36.8 Å². The van der Waals surface area contributed by atoms with Crippen LogP contribution in [0.5, 0.6) is 6.01 Å². The minimum atomic E-state index is 0.330. The zero-order chi connectivity index (χ0) is 22.9. The molecule has 0 unspecified atom stereocenters. The summed E-state index contributed by atoms with van der Waals surface area (Å²) >= 11 is 0. The molecular weight excluding hydrogens is 432 g/mol. The third-order valence-corrected chi connectivity index (χ3v) is 6.68. The van der Waals surface area contributed by atoms with Gasteiger partial charge in [-0.05, 0) is 49.4 Å². The molecule has 2 aromatic heterocycles. The molecule has 0 atom stereocenters. The van der Waals surface area contributed by atoms with Gasteiger partial charge in [0.25, 0.3) is 0 Å². The SMILES string of the molecule is CCOc1nccc(-n2cnc(Nc3cc(C4CC4)cc(N4CCN(C5COC5)CC4)c3)n2)n1. The molecule has 0 bridgehead atoms. The molecule has 0 spiro atoms. The molecule has 10 nitrogen and oxygen atoms in total. The van der Waals surface area contributed by atoms with E-state index in [1.165, 1.54) is 24.1 Å². The summed E-state index contributed by atoms with van der Waals surface area (Å²) in [5.41, 5.74) is 3.68. The highest BCUT2D eigenvalue weighted by Crippen LogP contribution is 2.42. The van der Waals surface area contributed by atoms with Gasteiger partial charge < -0.3 is 19.7 Å². The fraction of sp³-hybridized carbons (Fsp3) is 0.500. The quantitative estimate of drug-likeness (QED) is 0.542. The van der Waals surface area contributed by atoms with E-state index in [1.807, 2.05) is 6.92 Å². The Labute approximate surface area is 198 Å². The Bertz CT molecular complexity index is 1140. The van der Waals surface area contributed by atoms with E-state index in [9.17, 15) is 0 Å². The summed E-state index contributed by atoms with van der Waals surface area (Å²) in [6.45, 7) is 8.41. The maximum absolute atomic E-state index is 5.40. The van der Waals surface area contributed by atoms with Crippen LogP contribution < -0.4 is 15.0 Å². The van der Waals surface area contributed by atoms with E-state index in [0.29, 0.717) is 36.3 Å². The standard InChI is InChI=1S/C24H30N8O2/c1-2-34-24-25-6-5-22(28-24)32-16-26-23(29-32)27-19-11-18(17-3-4-17)12-20(13-19)30-7-9-31(10-8-30)21-14-33-15-21/h5-6,11-13,16-17,21H,2-4,7-10,14-15H2,1H3,(H,27,29). The predicted molar refractivity (Wildman–Crippen MR) is 128 cm³/mol. The summed E-state index contributed by atoms with van der Waals surface area (Å²) in [6, 6.07) is 9.54. The second-order valence-corrected chi connectivity index (χ2v) is 9.07. The fourth-order valence-electron chi connectivity index (χ4n) is 4.54. The van der Waals surface area contributed by atoms with Gasteiger partial charge in [-0.3, -0.25) is 4.90 Å². The average molecular weight is 463 g/mol. The van der Waals surface area contributed by atoms with Crippen molar-refractivity contribution in [3.05, 3.63) is 42.4 Å². The van der Waals surface area contributed by atoms with Crippen LogP contribution in [0.3, 0.4) is 0 Å². The van der Waals surface area contributed by atoms with Crippen LogP contribution in [0.2, 0.25) is 0 Å². The zero-order valence-corrected chi connectivity index (χ0v) is 19.4. The Balaban J connectivity index is 1.19. The van der Waals surface area contributed by atoms with Gasteiger partial charge in [0.1, 0.15) is 6.33 Å². The smallest absolute Gasteiger partial charge is 0.318 e. The molecule has 1 aromatic carbocycles. The Morgan fingerprint density at radius 1 is 1.09 bits per heavy atom. The average Bonchev–Trinajstić information content (AvgIpc) is 3.58. The van der Waals surface area contributed by atoms with E-state index in [0.717, 1.165) is 45.1 Å². The topological polar surface area (TPSA) is 93.5 Å². The lowest BCUT2D eigenvalue weighted by atomic mass is 10.1. The minimum Gasteiger partial charge on any atom is -0.464 e. The molecule has 1 N–H and O–H groups in total. The molecule has 34 heavy (non-hydrogen) atoms. The van der Waals surface area contributed by atoms with E-state index in [1.54, 1.807) is 23.3 Å². The molecule has 178 valence electrons. The molecule has 1 saturated carbocycles. The number of nitrogens with one attached hydrogen (secondary N) is 1. The summed E-state index contributed by atoms with van der Waals surface area (Å²) in [4.78, 5) is 18.0. The second-order valence-electron chi connectivity index (χ2n) is 9.07. The van der Waals surface area contributed by atoms with E-state index in [2.05, 4.69) is 53.4 Å². The Morgan fingerprint density at radius 2 is 1.94 bits per heavy atom. The predicted octanol–water partition coefficient (Wildman–Crippen LogP) is 2.60. The van der Waals surface area contributed by atoms with Gasteiger partial charge in [-0.2, -0.15) is 9.97 Å². The van der Waals surface area contributed by atoms with Crippen LogP contribution in [0.4, 0.5) is 17.3 Å². The second kappa shape index (κ2) is 9.19. The molecule has 0 amide bonds. The van der Waals surface area contributed by atoms with Gasteiger partial charge in [0.15, 0.2) is 5.82 Å². The molecule has 2 saturated heterocycles. The summed E-state index contributed by atoms with van der Waals surface area (Å²) in [6.07, 6.45) is 5.84. The number of anilines is 3. The summed E-state index contributed by atoms with van der Waals surface area (Å²) in [5.74, 6) is 1.81. The Hall–Kier alpha value is -3.24. The van der Waals surface area contributed by atoms with Crippen molar-refractivity contribution in [3.63, 3.8) is 0 Å². The maximum atomic E-state index is 5.40. The lowest BCUT2D eigenvalue weighted by molar-refractivity contribution is -0.0660. The highest BCUT2D eigenvalue weighted by molar-refractivity contribution is 5.65.